The molecule has 8 heteroatoms. The van der Waals surface area contributed by atoms with Gasteiger partial charge in [-0.3, -0.25) is 9.59 Å². The van der Waals surface area contributed by atoms with Crippen LogP contribution in [0.4, 0.5) is 4.39 Å². The molecule has 7 nitrogen and oxygen atoms in total. The van der Waals surface area contributed by atoms with E-state index in [2.05, 4.69) is 0 Å². The molecule has 3 rings (SSSR count). The Bertz CT molecular complexity index is 1030. The van der Waals surface area contributed by atoms with Crippen LogP contribution in [0.2, 0.25) is 0 Å². The minimum Gasteiger partial charge on any atom is -0.507 e. The fourth-order valence-corrected chi connectivity index (χ4v) is 3.81. The van der Waals surface area contributed by atoms with E-state index >= 15 is 0 Å². The molecule has 1 fully saturated rings. The Labute approximate surface area is 186 Å². The molecule has 1 aliphatic heterocycles. The number of amides is 1. The van der Waals surface area contributed by atoms with Gasteiger partial charge in [0.25, 0.3) is 11.7 Å². The van der Waals surface area contributed by atoms with E-state index in [9.17, 15) is 19.1 Å². The first-order chi connectivity index (χ1) is 15.3. The molecule has 1 aliphatic rings. The Balaban J connectivity index is 2.18. The summed E-state index contributed by atoms with van der Waals surface area (Å²) >= 11 is 0. The minimum atomic E-state index is -0.882. The summed E-state index contributed by atoms with van der Waals surface area (Å²) in [4.78, 5) is 29.5. The molecule has 0 bridgehead atoms. The quantitative estimate of drug-likeness (QED) is 0.384. The van der Waals surface area contributed by atoms with E-state index in [-0.39, 0.29) is 16.9 Å². The first-order valence-electron chi connectivity index (χ1n) is 10.2. The Kier molecular flexibility index (Phi) is 7.15. The predicted octanol–water partition coefficient (Wildman–Crippen LogP) is 3.22. The smallest absolute Gasteiger partial charge is 0.295 e. The van der Waals surface area contributed by atoms with Gasteiger partial charge in [0, 0.05) is 17.7 Å². The molecular formula is C24H27FN2O5. The summed E-state index contributed by atoms with van der Waals surface area (Å²) in [6.45, 7) is 1.01. The van der Waals surface area contributed by atoms with Crippen molar-refractivity contribution in [2.75, 3.05) is 41.4 Å². The van der Waals surface area contributed by atoms with Crippen LogP contribution < -0.4 is 9.47 Å². The molecule has 0 unspecified atom stereocenters. The molecule has 1 N–H and O–H groups in total. The van der Waals surface area contributed by atoms with Crippen LogP contribution >= 0.6 is 0 Å². The molecule has 0 radical (unpaired) electrons. The van der Waals surface area contributed by atoms with Crippen molar-refractivity contribution in [3.05, 3.63) is 65.0 Å². The second-order valence-electron chi connectivity index (χ2n) is 7.76. The molecule has 2 aromatic rings. The number of hydrogen-bond acceptors (Lipinski definition) is 6. The zero-order chi connectivity index (χ0) is 23.4. The van der Waals surface area contributed by atoms with Crippen LogP contribution in [0, 0.1) is 5.82 Å². The number of aliphatic hydroxyl groups is 1. The molecule has 170 valence electrons. The Morgan fingerprint density at radius 1 is 1.09 bits per heavy atom. The lowest BCUT2D eigenvalue weighted by Gasteiger charge is -2.27. The highest BCUT2D eigenvalue weighted by molar-refractivity contribution is 6.46. The summed E-state index contributed by atoms with van der Waals surface area (Å²) in [5.74, 6) is -1.39. The van der Waals surface area contributed by atoms with Gasteiger partial charge in [0.15, 0.2) is 0 Å². The van der Waals surface area contributed by atoms with Gasteiger partial charge in [-0.15, -0.1) is 0 Å². The number of likely N-dealkylation sites (tertiary alicyclic amines) is 1. The number of Topliss-reactive ketones (excluding diaryl/α,β-unsaturated/α-hetero) is 1. The van der Waals surface area contributed by atoms with Crippen LogP contribution in [0.3, 0.4) is 0 Å². The van der Waals surface area contributed by atoms with Crippen LogP contribution in [0.25, 0.3) is 5.76 Å². The molecule has 1 heterocycles. The van der Waals surface area contributed by atoms with Gasteiger partial charge in [-0.05, 0) is 69.5 Å². The van der Waals surface area contributed by atoms with E-state index in [1.165, 1.54) is 43.4 Å². The molecule has 2 aromatic carbocycles. The maximum atomic E-state index is 13.4. The molecule has 32 heavy (non-hydrogen) atoms. The minimum absolute atomic E-state index is 0.0713. The van der Waals surface area contributed by atoms with Gasteiger partial charge < -0.3 is 24.4 Å². The predicted molar refractivity (Wildman–Crippen MR) is 118 cm³/mol. The van der Waals surface area contributed by atoms with Crippen molar-refractivity contribution < 1.29 is 28.6 Å². The van der Waals surface area contributed by atoms with E-state index in [4.69, 9.17) is 9.47 Å². The molecule has 1 amide bonds. The van der Waals surface area contributed by atoms with Crippen LogP contribution in [0.5, 0.6) is 11.5 Å². The summed E-state index contributed by atoms with van der Waals surface area (Å²) in [7, 11) is 6.85. The van der Waals surface area contributed by atoms with E-state index in [1.807, 2.05) is 19.0 Å². The number of ketones is 1. The summed E-state index contributed by atoms with van der Waals surface area (Å²) in [6.07, 6.45) is 0.624. The van der Waals surface area contributed by atoms with Crippen molar-refractivity contribution >= 4 is 17.4 Å². The van der Waals surface area contributed by atoms with Gasteiger partial charge in [-0.25, -0.2) is 4.39 Å². The average molecular weight is 442 g/mol. The van der Waals surface area contributed by atoms with Crippen molar-refractivity contribution in [2.45, 2.75) is 12.5 Å². The molecule has 1 saturated heterocycles. The van der Waals surface area contributed by atoms with E-state index in [0.29, 0.717) is 36.6 Å². The number of aliphatic hydroxyl groups excluding tert-OH is 1. The van der Waals surface area contributed by atoms with Crippen molar-refractivity contribution in [1.82, 2.24) is 9.80 Å². The Hall–Kier alpha value is -3.39. The van der Waals surface area contributed by atoms with Gasteiger partial charge >= 0.3 is 0 Å². The number of rotatable bonds is 8. The maximum Gasteiger partial charge on any atom is 0.295 e. The molecule has 1 atom stereocenters. The van der Waals surface area contributed by atoms with Crippen molar-refractivity contribution in [3.63, 3.8) is 0 Å². The molecule has 0 aliphatic carbocycles. The number of methoxy groups -OCH3 is 2. The van der Waals surface area contributed by atoms with Crippen LogP contribution in [0.15, 0.2) is 48.0 Å². The second-order valence-corrected chi connectivity index (χ2v) is 7.76. The normalized spacial score (nSPS) is 17.8. The van der Waals surface area contributed by atoms with Crippen LogP contribution in [0.1, 0.15) is 23.6 Å². The molecule has 0 saturated carbocycles. The van der Waals surface area contributed by atoms with Crippen molar-refractivity contribution in [1.29, 1.82) is 0 Å². The summed E-state index contributed by atoms with van der Waals surface area (Å²) in [5, 5.41) is 11.0. The average Bonchev–Trinajstić information content (AvgIpc) is 3.03. The molecule has 0 spiro atoms. The SMILES string of the molecule is COc1ccc(OC)c([C@@H]2/C(=C(\O)c3ccc(F)cc3)C(=O)C(=O)N2CCCN(C)C)c1. The van der Waals surface area contributed by atoms with Gasteiger partial charge in [-0.2, -0.15) is 0 Å². The topological polar surface area (TPSA) is 79.3 Å². The largest absolute Gasteiger partial charge is 0.507 e. The number of carbonyl (C=O) groups is 2. The van der Waals surface area contributed by atoms with Gasteiger partial charge in [-0.1, -0.05) is 0 Å². The molecular weight excluding hydrogens is 415 g/mol. The fourth-order valence-electron chi connectivity index (χ4n) is 3.81. The lowest BCUT2D eigenvalue weighted by molar-refractivity contribution is -0.140. The lowest BCUT2D eigenvalue weighted by atomic mass is 9.94. The van der Waals surface area contributed by atoms with Crippen LogP contribution in [-0.4, -0.2) is 68.0 Å². The standard InChI is InChI=1S/C24H27FN2O5/c1-26(2)12-5-13-27-21(18-14-17(31-3)10-11-19(18)32-4)20(23(29)24(27)30)22(28)15-6-8-16(25)9-7-15/h6-11,14,21,28H,5,12-13H2,1-4H3/b22-20+/t21-/m1/s1. The zero-order valence-electron chi connectivity index (χ0n) is 18.6. The maximum absolute atomic E-state index is 13.4. The number of halogens is 1. The Morgan fingerprint density at radius 3 is 2.38 bits per heavy atom. The van der Waals surface area contributed by atoms with E-state index < -0.39 is 23.5 Å². The van der Waals surface area contributed by atoms with Crippen LogP contribution in [-0.2, 0) is 9.59 Å². The Morgan fingerprint density at radius 2 is 1.78 bits per heavy atom. The number of nitrogens with zero attached hydrogens (tertiary/aromatic N) is 2. The summed E-state index contributed by atoms with van der Waals surface area (Å²) < 4.78 is 24.2. The second kappa shape index (κ2) is 9.82. The number of carbonyl (C=O) groups excluding carboxylic acids is 2. The highest BCUT2D eigenvalue weighted by Gasteiger charge is 2.47. The first-order valence-corrected chi connectivity index (χ1v) is 10.2. The fraction of sp³-hybridized carbons (Fsp3) is 0.333. The third-order valence-corrected chi connectivity index (χ3v) is 5.39. The zero-order valence-corrected chi connectivity index (χ0v) is 18.6. The monoisotopic (exact) mass is 442 g/mol. The van der Waals surface area contributed by atoms with Gasteiger partial charge in [0.05, 0.1) is 25.8 Å². The highest BCUT2D eigenvalue weighted by atomic mass is 19.1. The van der Waals surface area contributed by atoms with E-state index in [1.54, 1.807) is 18.2 Å². The number of benzene rings is 2. The summed E-state index contributed by atoms with van der Waals surface area (Å²) in [5.41, 5.74) is 0.683. The van der Waals surface area contributed by atoms with Gasteiger partial charge in [0.1, 0.15) is 23.1 Å². The third-order valence-electron chi connectivity index (χ3n) is 5.39. The number of hydrogen-bond donors (Lipinski definition) is 1. The first kappa shape index (κ1) is 23.3. The van der Waals surface area contributed by atoms with E-state index in [0.717, 1.165) is 0 Å². The van der Waals surface area contributed by atoms with Crippen molar-refractivity contribution in [2.24, 2.45) is 0 Å². The summed E-state index contributed by atoms with van der Waals surface area (Å²) in [6, 6.07) is 9.30. The number of ether oxygens (including phenoxy) is 2. The van der Waals surface area contributed by atoms with Gasteiger partial charge in [0.2, 0.25) is 0 Å². The lowest BCUT2D eigenvalue weighted by Crippen LogP contribution is -2.32. The third kappa shape index (κ3) is 4.60. The highest BCUT2D eigenvalue weighted by Crippen LogP contribution is 2.43. The van der Waals surface area contributed by atoms with Crippen molar-refractivity contribution in [3.8, 4) is 11.5 Å². The molecule has 0 aromatic heterocycles.